The van der Waals surface area contributed by atoms with E-state index in [0.717, 1.165) is 48.8 Å². The highest BCUT2D eigenvalue weighted by Gasteiger charge is 2.43. The van der Waals surface area contributed by atoms with E-state index in [2.05, 4.69) is 4.90 Å². The number of aliphatic hydroxyl groups is 1. The predicted octanol–water partition coefficient (Wildman–Crippen LogP) is 3.88. The summed E-state index contributed by atoms with van der Waals surface area (Å²) >= 11 is 7.93. The molecule has 0 unspecified atom stereocenters. The van der Waals surface area contributed by atoms with Gasteiger partial charge in [-0.05, 0) is 50.2 Å². The van der Waals surface area contributed by atoms with E-state index < -0.39 is 0 Å². The standard InChI is InChI=1S/C24H32ClN5O2S/c1-15-22(33-18-7-4-6-16(20(18)25)23(32)29(2)3)28-17(14-31)21(27-15)30-12-10-24(11-13-30)9-5-8-19(24)26/h4,6-7,19,31H,5,8-14,26H2,1-3H3/t19-/m1/s1. The first-order chi connectivity index (χ1) is 15.8. The quantitative estimate of drug-likeness (QED) is 0.657. The summed E-state index contributed by atoms with van der Waals surface area (Å²) in [4.78, 5) is 26.5. The van der Waals surface area contributed by atoms with E-state index in [4.69, 9.17) is 27.3 Å². The number of hydrogen-bond donors (Lipinski definition) is 2. The van der Waals surface area contributed by atoms with E-state index in [1.807, 2.05) is 19.1 Å². The molecular weight excluding hydrogens is 458 g/mol. The highest BCUT2D eigenvalue weighted by atomic mass is 35.5. The van der Waals surface area contributed by atoms with Crippen LogP contribution in [0.3, 0.4) is 0 Å². The van der Waals surface area contributed by atoms with Crippen molar-refractivity contribution >= 4 is 35.1 Å². The number of carbonyl (C=O) groups is 1. The number of aryl methyl sites for hydroxylation is 1. The second-order valence-electron chi connectivity index (χ2n) is 9.31. The molecule has 0 bridgehead atoms. The Labute approximate surface area is 204 Å². The van der Waals surface area contributed by atoms with Crippen LogP contribution in [0.4, 0.5) is 5.82 Å². The maximum Gasteiger partial charge on any atom is 0.254 e. The summed E-state index contributed by atoms with van der Waals surface area (Å²) in [6.45, 7) is 3.48. The fourth-order valence-electron chi connectivity index (χ4n) is 5.03. The summed E-state index contributed by atoms with van der Waals surface area (Å²) in [5, 5.41) is 11.1. The number of halogens is 1. The molecule has 1 aliphatic carbocycles. The number of hydrogen-bond acceptors (Lipinski definition) is 7. The number of aliphatic hydroxyl groups excluding tert-OH is 1. The Bertz CT molecular complexity index is 1040. The van der Waals surface area contributed by atoms with E-state index in [-0.39, 0.29) is 17.9 Å². The van der Waals surface area contributed by atoms with E-state index >= 15 is 0 Å². The van der Waals surface area contributed by atoms with Gasteiger partial charge in [-0.3, -0.25) is 4.79 Å². The van der Waals surface area contributed by atoms with E-state index in [1.165, 1.54) is 29.5 Å². The average molecular weight is 490 g/mol. The molecule has 1 spiro atoms. The van der Waals surface area contributed by atoms with Crippen LogP contribution in [0.25, 0.3) is 0 Å². The number of carbonyl (C=O) groups excluding carboxylic acids is 1. The summed E-state index contributed by atoms with van der Waals surface area (Å²) in [6.07, 6.45) is 5.66. The zero-order chi connectivity index (χ0) is 23.8. The van der Waals surface area contributed by atoms with Crippen molar-refractivity contribution in [2.45, 2.75) is 61.6 Å². The second kappa shape index (κ2) is 9.78. The monoisotopic (exact) mass is 489 g/mol. The maximum absolute atomic E-state index is 12.4. The van der Waals surface area contributed by atoms with Gasteiger partial charge >= 0.3 is 0 Å². The van der Waals surface area contributed by atoms with Crippen molar-refractivity contribution in [1.29, 1.82) is 0 Å². The Morgan fingerprint density at radius 1 is 1.30 bits per heavy atom. The number of piperidine rings is 1. The topological polar surface area (TPSA) is 95.6 Å². The summed E-state index contributed by atoms with van der Waals surface area (Å²) in [6, 6.07) is 5.69. The van der Waals surface area contributed by atoms with Crippen LogP contribution >= 0.6 is 23.4 Å². The van der Waals surface area contributed by atoms with Gasteiger partial charge in [0, 0.05) is 38.1 Å². The number of rotatable bonds is 5. The van der Waals surface area contributed by atoms with Crippen LogP contribution in [0.5, 0.6) is 0 Å². The Morgan fingerprint density at radius 2 is 2.03 bits per heavy atom. The van der Waals surface area contributed by atoms with E-state index in [1.54, 1.807) is 20.2 Å². The summed E-state index contributed by atoms with van der Waals surface area (Å²) in [7, 11) is 3.40. The average Bonchev–Trinajstić information content (AvgIpc) is 3.15. The molecule has 1 atom stereocenters. The zero-order valence-electron chi connectivity index (χ0n) is 19.5. The third kappa shape index (κ3) is 4.71. The third-order valence-electron chi connectivity index (χ3n) is 7.07. The first-order valence-electron chi connectivity index (χ1n) is 11.4. The summed E-state index contributed by atoms with van der Waals surface area (Å²) < 4.78 is 0. The molecule has 1 aromatic heterocycles. The van der Waals surface area contributed by atoms with Gasteiger partial charge in [0.2, 0.25) is 0 Å². The second-order valence-corrected chi connectivity index (χ2v) is 10.7. The van der Waals surface area contributed by atoms with Gasteiger partial charge in [0.1, 0.15) is 10.7 Å². The molecule has 178 valence electrons. The van der Waals surface area contributed by atoms with Crippen LogP contribution in [0.1, 0.15) is 53.8 Å². The number of benzene rings is 1. The highest BCUT2D eigenvalue weighted by Crippen LogP contribution is 2.46. The fraction of sp³-hybridized carbons (Fsp3) is 0.542. The lowest BCUT2D eigenvalue weighted by molar-refractivity contribution is 0.0827. The Hall–Kier alpha value is -1.87. The molecule has 2 aromatic rings. The maximum atomic E-state index is 12.4. The van der Waals surface area contributed by atoms with Gasteiger partial charge in [0.15, 0.2) is 5.82 Å². The molecule has 2 fully saturated rings. The lowest BCUT2D eigenvalue weighted by Crippen LogP contribution is -2.47. The van der Waals surface area contributed by atoms with Gasteiger partial charge in [-0.15, -0.1) is 0 Å². The summed E-state index contributed by atoms with van der Waals surface area (Å²) in [5.74, 6) is 0.602. The number of nitrogens with two attached hydrogens (primary N) is 1. The lowest BCUT2D eigenvalue weighted by Gasteiger charge is -2.42. The molecule has 1 saturated carbocycles. The number of anilines is 1. The van der Waals surface area contributed by atoms with Gasteiger partial charge in [-0.1, -0.05) is 35.9 Å². The molecule has 2 aliphatic rings. The smallest absolute Gasteiger partial charge is 0.254 e. The Balaban J connectivity index is 1.57. The molecular formula is C24H32ClN5O2S. The Morgan fingerprint density at radius 3 is 2.64 bits per heavy atom. The molecule has 3 N–H and O–H groups in total. The predicted molar refractivity (Wildman–Crippen MR) is 132 cm³/mol. The number of amides is 1. The molecule has 1 amide bonds. The molecule has 1 aliphatic heterocycles. The SMILES string of the molecule is Cc1nc(N2CCC3(CCC[C@H]3N)CC2)c(CO)nc1Sc1cccc(C(=O)N(C)C)c1Cl. The van der Waals surface area contributed by atoms with Crippen LogP contribution in [0.2, 0.25) is 5.02 Å². The minimum atomic E-state index is -0.190. The van der Waals surface area contributed by atoms with Crippen LogP contribution in [0, 0.1) is 12.3 Å². The van der Waals surface area contributed by atoms with Crippen molar-refractivity contribution in [3.8, 4) is 0 Å². The van der Waals surface area contributed by atoms with Crippen molar-refractivity contribution in [2.24, 2.45) is 11.1 Å². The largest absolute Gasteiger partial charge is 0.390 e. The molecule has 4 rings (SSSR count). The molecule has 7 nitrogen and oxygen atoms in total. The van der Waals surface area contributed by atoms with Crippen LogP contribution in [-0.4, -0.2) is 59.1 Å². The van der Waals surface area contributed by atoms with Crippen molar-refractivity contribution in [3.63, 3.8) is 0 Å². The van der Waals surface area contributed by atoms with Crippen LogP contribution in [-0.2, 0) is 6.61 Å². The van der Waals surface area contributed by atoms with Gasteiger partial charge in [0.05, 0.1) is 22.9 Å². The van der Waals surface area contributed by atoms with Gasteiger partial charge in [-0.2, -0.15) is 0 Å². The van der Waals surface area contributed by atoms with E-state index in [0.29, 0.717) is 27.3 Å². The van der Waals surface area contributed by atoms with Gasteiger partial charge in [-0.25, -0.2) is 9.97 Å². The minimum absolute atomic E-state index is 0.151. The van der Waals surface area contributed by atoms with Crippen LogP contribution < -0.4 is 10.6 Å². The lowest BCUT2D eigenvalue weighted by atomic mass is 9.74. The van der Waals surface area contributed by atoms with E-state index in [9.17, 15) is 9.90 Å². The first-order valence-corrected chi connectivity index (χ1v) is 12.6. The fourth-order valence-corrected chi connectivity index (χ4v) is 6.26. The highest BCUT2D eigenvalue weighted by molar-refractivity contribution is 7.99. The number of aromatic nitrogens is 2. The van der Waals surface area contributed by atoms with Crippen molar-refractivity contribution in [2.75, 3.05) is 32.1 Å². The summed E-state index contributed by atoms with van der Waals surface area (Å²) in [5.41, 5.74) is 8.48. The minimum Gasteiger partial charge on any atom is -0.390 e. The molecule has 1 aromatic carbocycles. The van der Waals surface area contributed by atoms with Gasteiger partial charge < -0.3 is 20.6 Å². The van der Waals surface area contributed by atoms with Crippen molar-refractivity contribution in [1.82, 2.24) is 14.9 Å². The zero-order valence-corrected chi connectivity index (χ0v) is 21.0. The third-order valence-corrected chi connectivity index (χ3v) is 8.73. The normalized spacial score (nSPS) is 19.8. The first kappa shape index (κ1) is 24.3. The van der Waals surface area contributed by atoms with Gasteiger partial charge in [0.25, 0.3) is 5.91 Å². The van der Waals surface area contributed by atoms with Crippen LogP contribution in [0.15, 0.2) is 28.1 Å². The van der Waals surface area contributed by atoms with Crippen molar-refractivity contribution in [3.05, 3.63) is 40.2 Å². The molecule has 0 radical (unpaired) electrons. The molecule has 1 saturated heterocycles. The molecule has 33 heavy (non-hydrogen) atoms. The Kier molecular flexibility index (Phi) is 7.19. The number of nitrogens with zero attached hydrogens (tertiary/aromatic N) is 4. The molecule has 2 heterocycles. The molecule has 9 heteroatoms. The van der Waals surface area contributed by atoms with Crippen molar-refractivity contribution < 1.29 is 9.90 Å².